The Hall–Kier alpha value is -1.81. The van der Waals surface area contributed by atoms with E-state index in [1.807, 2.05) is 6.07 Å². The minimum Gasteiger partial charge on any atom is -0.383 e. The summed E-state index contributed by atoms with van der Waals surface area (Å²) in [6.45, 7) is 5.82. The molecule has 0 amide bonds. The highest BCUT2D eigenvalue weighted by Crippen LogP contribution is 2.22. The van der Waals surface area contributed by atoms with Crippen LogP contribution >= 0.6 is 0 Å². The number of benzene rings is 1. The Labute approximate surface area is 114 Å². The zero-order valence-electron chi connectivity index (χ0n) is 11.7. The molecule has 102 valence electrons. The van der Waals surface area contributed by atoms with Gasteiger partial charge in [0, 0.05) is 19.7 Å². The molecule has 0 bridgehead atoms. The van der Waals surface area contributed by atoms with Gasteiger partial charge in [-0.3, -0.25) is 5.10 Å². The fourth-order valence-electron chi connectivity index (χ4n) is 1.89. The van der Waals surface area contributed by atoms with Gasteiger partial charge in [-0.05, 0) is 17.0 Å². The van der Waals surface area contributed by atoms with Gasteiger partial charge < -0.3 is 10.1 Å². The third-order valence-corrected chi connectivity index (χ3v) is 3.08. The van der Waals surface area contributed by atoms with E-state index in [-0.39, 0.29) is 0 Å². The molecule has 0 atom stereocenters. The lowest BCUT2D eigenvalue weighted by atomic mass is 10.0. The van der Waals surface area contributed by atoms with E-state index in [4.69, 9.17) is 4.74 Å². The number of ether oxygens (including phenoxy) is 1. The summed E-state index contributed by atoms with van der Waals surface area (Å²) in [5.41, 5.74) is 3.52. The molecule has 1 heterocycles. The maximum atomic E-state index is 4.99. The summed E-state index contributed by atoms with van der Waals surface area (Å²) in [6.07, 6.45) is 0. The molecule has 1 aromatic carbocycles. The van der Waals surface area contributed by atoms with Gasteiger partial charge in [0.15, 0.2) is 0 Å². The number of nitrogens with zero attached hydrogens (tertiary/aromatic N) is 1. The second-order valence-corrected chi connectivity index (χ2v) is 4.86. The van der Waals surface area contributed by atoms with Crippen LogP contribution in [0.5, 0.6) is 0 Å². The van der Waals surface area contributed by atoms with Crippen LogP contribution in [0.2, 0.25) is 0 Å². The maximum Gasteiger partial charge on any atom is 0.148 e. The molecular formula is C15H21N3O. The summed E-state index contributed by atoms with van der Waals surface area (Å²) in [4.78, 5) is 0. The van der Waals surface area contributed by atoms with Gasteiger partial charge in [0.25, 0.3) is 0 Å². The van der Waals surface area contributed by atoms with E-state index in [2.05, 4.69) is 53.6 Å². The molecule has 2 rings (SSSR count). The number of hydrogen-bond donors (Lipinski definition) is 2. The van der Waals surface area contributed by atoms with Gasteiger partial charge in [-0.25, -0.2) is 0 Å². The topological polar surface area (TPSA) is 49.9 Å². The Balaban J connectivity index is 2.05. The fraction of sp³-hybridized carbons (Fsp3) is 0.400. The van der Waals surface area contributed by atoms with Crippen molar-refractivity contribution < 1.29 is 4.74 Å². The Morgan fingerprint density at radius 2 is 2.00 bits per heavy atom. The lowest BCUT2D eigenvalue weighted by molar-refractivity contribution is 0.210. The van der Waals surface area contributed by atoms with E-state index >= 15 is 0 Å². The van der Waals surface area contributed by atoms with Gasteiger partial charge >= 0.3 is 0 Å². The molecule has 2 aromatic rings. The maximum absolute atomic E-state index is 4.99. The lowest BCUT2D eigenvalue weighted by Crippen LogP contribution is -2.07. The second kappa shape index (κ2) is 6.38. The van der Waals surface area contributed by atoms with Crippen molar-refractivity contribution in [3.05, 3.63) is 35.9 Å². The predicted molar refractivity (Wildman–Crippen MR) is 78.5 cm³/mol. The molecule has 0 spiro atoms. The van der Waals surface area contributed by atoms with Crippen molar-refractivity contribution in [2.24, 2.45) is 0 Å². The Kier molecular flexibility index (Phi) is 4.58. The van der Waals surface area contributed by atoms with E-state index in [1.54, 1.807) is 7.11 Å². The van der Waals surface area contributed by atoms with Gasteiger partial charge in [0.1, 0.15) is 5.82 Å². The number of H-pyrrole nitrogens is 1. The van der Waals surface area contributed by atoms with Crippen LogP contribution in [0.25, 0.3) is 11.3 Å². The number of rotatable bonds is 6. The van der Waals surface area contributed by atoms with Gasteiger partial charge in [-0.1, -0.05) is 38.1 Å². The van der Waals surface area contributed by atoms with Gasteiger partial charge in [-0.2, -0.15) is 5.10 Å². The number of anilines is 1. The molecule has 1 aromatic heterocycles. The van der Waals surface area contributed by atoms with Crippen molar-refractivity contribution in [3.63, 3.8) is 0 Å². The molecular weight excluding hydrogens is 238 g/mol. The van der Waals surface area contributed by atoms with Crippen LogP contribution in [0.1, 0.15) is 25.3 Å². The first-order valence-electron chi connectivity index (χ1n) is 6.59. The molecule has 4 heteroatoms. The molecule has 2 N–H and O–H groups in total. The Morgan fingerprint density at radius 3 is 2.63 bits per heavy atom. The van der Waals surface area contributed by atoms with Crippen LogP contribution in [0, 0.1) is 0 Å². The molecule has 0 saturated carbocycles. The van der Waals surface area contributed by atoms with Crippen molar-refractivity contribution in [3.8, 4) is 11.3 Å². The van der Waals surface area contributed by atoms with E-state index in [0.717, 1.165) is 23.6 Å². The van der Waals surface area contributed by atoms with Crippen molar-refractivity contribution >= 4 is 5.82 Å². The monoisotopic (exact) mass is 259 g/mol. The minimum atomic E-state index is 0.557. The zero-order chi connectivity index (χ0) is 13.7. The van der Waals surface area contributed by atoms with Crippen molar-refractivity contribution in [1.29, 1.82) is 0 Å². The molecule has 4 nitrogen and oxygen atoms in total. The van der Waals surface area contributed by atoms with Gasteiger partial charge in [0.05, 0.1) is 12.3 Å². The Morgan fingerprint density at radius 1 is 1.26 bits per heavy atom. The van der Waals surface area contributed by atoms with Crippen molar-refractivity contribution in [2.45, 2.75) is 19.8 Å². The molecule has 19 heavy (non-hydrogen) atoms. The van der Waals surface area contributed by atoms with E-state index in [0.29, 0.717) is 12.5 Å². The molecule has 0 fully saturated rings. The standard InChI is InChI=1S/C15H21N3O/c1-11(2)12-4-6-13(7-5-12)14-10-15(18-17-14)16-8-9-19-3/h4-7,10-11H,8-9H2,1-3H3,(H2,16,17,18). The number of aromatic amines is 1. The van der Waals surface area contributed by atoms with Gasteiger partial charge in [0.2, 0.25) is 0 Å². The van der Waals surface area contributed by atoms with Crippen LogP contribution in [-0.4, -0.2) is 30.5 Å². The second-order valence-electron chi connectivity index (χ2n) is 4.86. The normalized spacial score (nSPS) is 10.9. The third kappa shape index (κ3) is 3.58. The smallest absolute Gasteiger partial charge is 0.148 e. The lowest BCUT2D eigenvalue weighted by Gasteiger charge is -2.05. The molecule has 0 aliphatic carbocycles. The third-order valence-electron chi connectivity index (χ3n) is 3.08. The quantitative estimate of drug-likeness (QED) is 0.783. The molecule has 0 aliphatic heterocycles. The van der Waals surface area contributed by atoms with Crippen LogP contribution in [0.3, 0.4) is 0 Å². The molecule has 0 aliphatic rings. The Bertz CT molecular complexity index is 502. The largest absolute Gasteiger partial charge is 0.383 e. The van der Waals surface area contributed by atoms with Crippen LogP contribution in [0.15, 0.2) is 30.3 Å². The average Bonchev–Trinajstić information content (AvgIpc) is 2.88. The summed E-state index contributed by atoms with van der Waals surface area (Å²) >= 11 is 0. The summed E-state index contributed by atoms with van der Waals surface area (Å²) < 4.78 is 4.99. The first kappa shape index (κ1) is 13.6. The number of nitrogens with one attached hydrogen (secondary N) is 2. The number of methoxy groups -OCH3 is 1. The first-order chi connectivity index (χ1) is 9.20. The van der Waals surface area contributed by atoms with Crippen molar-refractivity contribution in [2.75, 3.05) is 25.6 Å². The molecule has 0 saturated heterocycles. The minimum absolute atomic E-state index is 0.557. The highest BCUT2D eigenvalue weighted by molar-refractivity contribution is 5.63. The van der Waals surface area contributed by atoms with E-state index < -0.39 is 0 Å². The van der Waals surface area contributed by atoms with Crippen LogP contribution in [0.4, 0.5) is 5.82 Å². The van der Waals surface area contributed by atoms with Crippen LogP contribution < -0.4 is 5.32 Å². The zero-order valence-corrected chi connectivity index (χ0v) is 11.7. The molecule has 0 radical (unpaired) electrons. The number of hydrogen-bond acceptors (Lipinski definition) is 3. The average molecular weight is 259 g/mol. The van der Waals surface area contributed by atoms with Crippen molar-refractivity contribution in [1.82, 2.24) is 10.2 Å². The molecule has 0 unspecified atom stereocenters. The highest BCUT2D eigenvalue weighted by Gasteiger charge is 2.04. The summed E-state index contributed by atoms with van der Waals surface area (Å²) in [7, 11) is 1.69. The summed E-state index contributed by atoms with van der Waals surface area (Å²) in [5, 5.41) is 10.5. The first-order valence-corrected chi connectivity index (χ1v) is 6.59. The van der Waals surface area contributed by atoms with Gasteiger partial charge in [-0.15, -0.1) is 0 Å². The SMILES string of the molecule is COCCNc1cc(-c2ccc(C(C)C)cc2)[nH]n1. The van der Waals surface area contributed by atoms with Crippen LogP contribution in [-0.2, 0) is 4.74 Å². The number of aromatic nitrogens is 2. The predicted octanol–water partition coefficient (Wildman–Crippen LogP) is 3.26. The fourth-order valence-corrected chi connectivity index (χ4v) is 1.89. The highest BCUT2D eigenvalue weighted by atomic mass is 16.5. The van der Waals surface area contributed by atoms with E-state index in [1.165, 1.54) is 5.56 Å². The van der Waals surface area contributed by atoms with E-state index in [9.17, 15) is 0 Å². The summed E-state index contributed by atoms with van der Waals surface area (Å²) in [6, 6.07) is 10.6. The summed E-state index contributed by atoms with van der Waals surface area (Å²) in [5.74, 6) is 1.40.